The Hall–Kier alpha value is -1.93. The fourth-order valence-electron chi connectivity index (χ4n) is 3.02. The quantitative estimate of drug-likeness (QED) is 0.641. The second kappa shape index (κ2) is 7.13. The van der Waals surface area contributed by atoms with E-state index >= 15 is 0 Å². The maximum Gasteiger partial charge on any atom is 0.417 e. The Bertz CT molecular complexity index is 746. The van der Waals surface area contributed by atoms with E-state index in [4.69, 9.17) is 9.84 Å². The molecule has 1 fully saturated rings. The maximum atomic E-state index is 12.7. The summed E-state index contributed by atoms with van der Waals surface area (Å²) in [6.07, 6.45) is 0.982. The van der Waals surface area contributed by atoms with Crippen LogP contribution in [-0.4, -0.2) is 48.5 Å². The molecule has 0 amide bonds. The molecule has 8 heteroatoms. The Morgan fingerprint density at radius 3 is 2.16 bits per heavy atom. The number of carboxylic acids is 1. The normalized spacial score (nSPS) is 17.2. The lowest BCUT2D eigenvalue weighted by Gasteiger charge is -2.39. The first-order chi connectivity index (χ1) is 11.5. The zero-order valence-corrected chi connectivity index (χ0v) is 15.4. The van der Waals surface area contributed by atoms with E-state index in [0.717, 1.165) is 5.56 Å². The summed E-state index contributed by atoms with van der Waals surface area (Å²) in [5, 5.41) is 8.68. The summed E-state index contributed by atoms with van der Waals surface area (Å²) in [5.41, 5.74) is 0.0227. The van der Waals surface area contributed by atoms with E-state index in [-0.39, 0.29) is 10.8 Å². The van der Waals surface area contributed by atoms with Crippen LogP contribution in [0.3, 0.4) is 0 Å². The number of piperidine rings is 1. The lowest BCUT2D eigenvalue weighted by Crippen LogP contribution is -2.46. The maximum absolute atomic E-state index is 12.7. The molecular weight excluding hydrogens is 346 g/mol. The van der Waals surface area contributed by atoms with Crippen molar-refractivity contribution in [3.05, 3.63) is 29.8 Å². The third kappa shape index (κ3) is 4.38. The van der Waals surface area contributed by atoms with Crippen molar-refractivity contribution in [3.63, 3.8) is 0 Å². The van der Waals surface area contributed by atoms with Crippen LogP contribution < -0.4 is 0 Å². The predicted molar refractivity (Wildman–Crippen MR) is 90.5 cm³/mol. The number of hydrogen-bond acceptors (Lipinski definition) is 5. The zero-order valence-electron chi connectivity index (χ0n) is 14.6. The molecule has 2 rings (SSSR count). The van der Waals surface area contributed by atoms with Crippen LogP contribution in [0.1, 0.15) is 32.3 Å². The fraction of sp³-hybridized carbons (Fsp3) is 0.529. The molecule has 1 aliphatic rings. The lowest BCUT2D eigenvalue weighted by molar-refractivity contribution is -0.177. The monoisotopic (exact) mass is 369 g/mol. The summed E-state index contributed by atoms with van der Waals surface area (Å²) in [5.74, 6) is -3.03. The molecule has 0 aliphatic carbocycles. The molecule has 1 heterocycles. The van der Waals surface area contributed by atoms with Crippen molar-refractivity contribution in [1.29, 1.82) is 0 Å². The van der Waals surface area contributed by atoms with Gasteiger partial charge in [-0.25, -0.2) is 18.0 Å². The van der Waals surface area contributed by atoms with Gasteiger partial charge in [-0.15, -0.1) is 0 Å². The van der Waals surface area contributed by atoms with Crippen LogP contribution in [0.15, 0.2) is 29.2 Å². The highest BCUT2D eigenvalue weighted by atomic mass is 32.2. The number of benzene rings is 1. The number of aryl methyl sites for hydroxylation is 1. The van der Waals surface area contributed by atoms with E-state index in [0.29, 0.717) is 25.9 Å². The molecule has 0 saturated carbocycles. The van der Waals surface area contributed by atoms with Gasteiger partial charge in [0.1, 0.15) is 5.60 Å². The van der Waals surface area contributed by atoms with Gasteiger partial charge in [-0.3, -0.25) is 0 Å². The van der Waals surface area contributed by atoms with Crippen molar-refractivity contribution < 1.29 is 27.9 Å². The molecule has 0 bridgehead atoms. The van der Waals surface area contributed by atoms with Crippen molar-refractivity contribution in [3.8, 4) is 0 Å². The molecule has 25 heavy (non-hydrogen) atoms. The number of ether oxygens (including phenoxy) is 1. The van der Waals surface area contributed by atoms with Gasteiger partial charge >= 0.3 is 11.9 Å². The average Bonchev–Trinajstić information content (AvgIpc) is 2.55. The Morgan fingerprint density at radius 1 is 1.16 bits per heavy atom. The summed E-state index contributed by atoms with van der Waals surface area (Å²) >= 11 is 0. The number of esters is 1. The number of sulfonamides is 1. The third-order valence-electron chi connectivity index (χ3n) is 4.63. The minimum atomic E-state index is -3.55. The van der Waals surface area contributed by atoms with Crippen LogP contribution in [0, 0.1) is 12.8 Å². The van der Waals surface area contributed by atoms with E-state index in [9.17, 15) is 18.0 Å². The summed E-state index contributed by atoms with van der Waals surface area (Å²) in [6.45, 7) is 5.80. The van der Waals surface area contributed by atoms with Gasteiger partial charge < -0.3 is 9.84 Å². The van der Waals surface area contributed by atoms with Gasteiger partial charge in [0.15, 0.2) is 0 Å². The van der Waals surface area contributed by atoms with E-state index in [2.05, 4.69) is 0 Å². The fourth-order valence-corrected chi connectivity index (χ4v) is 4.49. The predicted octanol–water partition coefficient (Wildman–Crippen LogP) is 1.80. The molecule has 0 spiro atoms. The van der Waals surface area contributed by atoms with Crippen molar-refractivity contribution in [2.45, 2.75) is 44.1 Å². The van der Waals surface area contributed by atoms with Crippen LogP contribution in [0.25, 0.3) is 0 Å². The summed E-state index contributed by atoms with van der Waals surface area (Å²) < 4.78 is 31.8. The number of nitrogens with zero attached hydrogens (tertiary/aromatic N) is 1. The molecule has 0 atom stereocenters. The average molecular weight is 369 g/mol. The van der Waals surface area contributed by atoms with Crippen LogP contribution in [0.5, 0.6) is 0 Å². The Balaban J connectivity index is 2.04. The SMILES string of the molecule is Cc1ccc(S(=O)(=O)N2CCC(C(C)(C)OC(=O)C(=O)O)CC2)cc1. The van der Waals surface area contributed by atoms with Gasteiger partial charge in [-0.1, -0.05) is 17.7 Å². The Labute approximate surface area is 147 Å². The van der Waals surface area contributed by atoms with Crippen LogP contribution >= 0.6 is 0 Å². The highest BCUT2D eigenvalue weighted by Crippen LogP contribution is 2.33. The molecule has 1 aliphatic heterocycles. The zero-order chi connectivity index (χ0) is 18.8. The second-order valence-electron chi connectivity index (χ2n) is 6.79. The lowest BCUT2D eigenvalue weighted by atomic mass is 9.83. The number of rotatable bonds is 4. The number of hydrogen-bond donors (Lipinski definition) is 1. The summed E-state index contributed by atoms with van der Waals surface area (Å²) in [6, 6.07) is 6.70. The molecular formula is C17H23NO6S. The minimum absolute atomic E-state index is 0.111. The van der Waals surface area contributed by atoms with E-state index in [1.54, 1.807) is 38.1 Å². The molecule has 0 unspecified atom stereocenters. The number of carbonyl (C=O) groups excluding carboxylic acids is 1. The smallest absolute Gasteiger partial charge is 0.417 e. The third-order valence-corrected chi connectivity index (χ3v) is 6.54. The van der Waals surface area contributed by atoms with Crippen LogP contribution in [-0.2, 0) is 24.3 Å². The van der Waals surface area contributed by atoms with Gasteiger partial charge in [0.05, 0.1) is 4.90 Å². The van der Waals surface area contributed by atoms with Crippen molar-refractivity contribution in [1.82, 2.24) is 4.31 Å². The minimum Gasteiger partial charge on any atom is -0.473 e. The van der Waals surface area contributed by atoms with Gasteiger partial charge in [0, 0.05) is 19.0 Å². The topological polar surface area (TPSA) is 101 Å². The van der Waals surface area contributed by atoms with Crippen molar-refractivity contribution in [2.75, 3.05) is 13.1 Å². The first kappa shape index (κ1) is 19.4. The Morgan fingerprint density at radius 2 is 1.68 bits per heavy atom. The molecule has 1 aromatic carbocycles. The van der Waals surface area contributed by atoms with Crippen molar-refractivity contribution >= 4 is 22.0 Å². The van der Waals surface area contributed by atoms with E-state index < -0.39 is 27.6 Å². The molecule has 0 radical (unpaired) electrons. The highest BCUT2D eigenvalue weighted by molar-refractivity contribution is 7.89. The van der Waals surface area contributed by atoms with Crippen molar-refractivity contribution in [2.24, 2.45) is 5.92 Å². The molecule has 0 aromatic heterocycles. The van der Waals surface area contributed by atoms with Crippen LogP contribution in [0.4, 0.5) is 0 Å². The molecule has 1 saturated heterocycles. The molecule has 1 N–H and O–H groups in total. The molecule has 7 nitrogen and oxygen atoms in total. The largest absolute Gasteiger partial charge is 0.473 e. The van der Waals surface area contributed by atoms with Gasteiger partial charge in [0.25, 0.3) is 0 Å². The standard InChI is InChI=1S/C17H23NO6S/c1-12-4-6-14(7-5-12)25(22,23)18-10-8-13(9-11-18)17(2,3)24-16(21)15(19)20/h4-7,13H,8-11H2,1-3H3,(H,19,20). The second-order valence-corrected chi connectivity index (χ2v) is 8.73. The molecule has 1 aromatic rings. The number of aliphatic carboxylic acids is 1. The van der Waals surface area contributed by atoms with E-state index in [1.165, 1.54) is 4.31 Å². The number of carbonyl (C=O) groups is 2. The Kier molecular flexibility index (Phi) is 5.53. The first-order valence-electron chi connectivity index (χ1n) is 8.07. The summed E-state index contributed by atoms with van der Waals surface area (Å²) in [7, 11) is -3.55. The van der Waals surface area contributed by atoms with Gasteiger partial charge in [0.2, 0.25) is 10.0 Å². The van der Waals surface area contributed by atoms with Gasteiger partial charge in [-0.05, 0) is 45.7 Å². The highest BCUT2D eigenvalue weighted by Gasteiger charge is 2.39. The van der Waals surface area contributed by atoms with E-state index in [1.807, 2.05) is 6.92 Å². The summed E-state index contributed by atoms with van der Waals surface area (Å²) in [4.78, 5) is 22.2. The van der Waals surface area contributed by atoms with Crippen LogP contribution in [0.2, 0.25) is 0 Å². The number of carboxylic acid groups (broad SMARTS) is 1. The van der Waals surface area contributed by atoms with Gasteiger partial charge in [-0.2, -0.15) is 4.31 Å². The molecule has 138 valence electrons. The first-order valence-corrected chi connectivity index (χ1v) is 9.51.